The van der Waals surface area contributed by atoms with Crippen LogP contribution in [0, 0.1) is 0 Å². The third kappa shape index (κ3) is 2.07. The number of thiophene rings is 1. The Bertz CT molecular complexity index is 672. The number of rotatable bonds is 3. The van der Waals surface area contributed by atoms with Crippen LogP contribution < -0.4 is 5.32 Å². The average molecular weight is 276 g/mol. The average Bonchev–Trinajstić information content (AvgIpc) is 2.88. The van der Waals surface area contributed by atoms with Gasteiger partial charge in [-0.25, -0.2) is 9.78 Å². The van der Waals surface area contributed by atoms with Gasteiger partial charge in [-0.05, 0) is 18.2 Å². The van der Waals surface area contributed by atoms with Crippen LogP contribution >= 0.6 is 22.7 Å². The van der Waals surface area contributed by atoms with Crippen LogP contribution in [-0.4, -0.2) is 16.1 Å². The largest absolute Gasteiger partial charge is 0.477 e. The van der Waals surface area contributed by atoms with Gasteiger partial charge in [0.25, 0.3) is 0 Å². The van der Waals surface area contributed by atoms with E-state index in [1.54, 1.807) is 6.07 Å². The molecule has 0 unspecified atom stereocenters. The van der Waals surface area contributed by atoms with Crippen molar-refractivity contribution in [2.75, 3.05) is 5.32 Å². The number of nitrogens with one attached hydrogen (secondary N) is 1. The van der Waals surface area contributed by atoms with Crippen molar-refractivity contribution >= 4 is 49.0 Å². The highest BCUT2D eigenvalue weighted by atomic mass is 32.2. The summed E-state index contributed by atoms with van der Waals surface area (Å²) in [5.41, 5.74) is 1.71. The van der Waals surface area contributed by atoms with Crippen molar-refractivity contribution < 1.29 is 9.90 Å². The van der Waals surface area contributed by atoms with Crippen LogP contribution in [0.1, 0.15) is 9.67 Å². The summed E-state index contributed by atoms with van der Waals surface area (Å²) in [6, 6.07) is 11.4. The minimum atomic E-state index is -0.900. The molecule has 2 N–H and O–H groups in total. The Morgan fingerprint density at radius 3 is 2.67 bits per heavy atom. The third-order valence-corrected chi connectivity index (χ3v) is 4.51. The number of aromatic nitrogens is 1. The van der Waals surface area contributed by atoms with Crippen LogP contribution in [0.4, 0.5) is 10.8 Å². The number of nitrogens with zero attached hydrogens (tertiary/aromatic N) is 1. The number of hydrogen-bond donors (Lipinski definition) is 2. The number of benzene rings is 1. The molecule has 90 valence electrons. The Kier molecular flexibility index (Phi) is 2.73. The molecule has 18 heavy (non-hydrogen) atoms. The first kappa shape index (κ1) is 11.2. The fourth-order valence-electron chi connectivity index (χ4n) is 1.54. The lowest BCUT2D eigenvalue weighted by Gasteiger charge is -2.00. The van der Waals surface area contributed by atoms with Crippen molar-refractivity contribution in [1.82, 2.24) is 4.98 Å². The molecule has 6 heteroatoms. The number of para-hydroxylation sites is 1. The second kappa shape index (κ2) is 4.40. The molecule has 2 aromatic heterocycles. The predicted octanol–water partition coefficient (Wildman–Crippen LogP) is 3.80. The summed E-state index contributed by atoms with van der Waals surface area (Å²) in [5.74, 6) is -0.900. The fourth-order valence-corrected chi connectivity index (χ4v) is 3.58. The molecule has 0 saturated heterocycles. The van der Waals surface area contributed by atoms with Crippen molar-refractivity contribution in [2.24, 2.45) is 0 Å². The van der Waals surface area contributed by atoms with Crippen LogP contribution in [0.5, 0.6) is 0 Å². The number of thiazole rings is 1. The highest BCUT2D eigenvalue weighted by molar-refractivity contribution is 7.40. The molecular formula is C12H8N2O2S2. The number of fused-ring (bicyclic) bond motifs is 1. The molecular weight excluding hydrogens is 268 g/mol. The Hall–Kier alpha value is -1.92. The van der Waals surface area contributed by atoms with Gasteiger partial charge in [-0.3, -0.25) is 0 Å². The lowest BCUT2D eigenvalue weighted by atomic mass is 10.3. The summed E-state index contributed by atoms with van der Waals surface area (Å²) < 4.78 is 0.922. The molecule has 0 fully saturated rings. The van der Waals surface area contributed by atoms with Crippen molar-refractivity contribution in [3.63, 3.8) is 0 Å². The van der Waals surface area contributed by atoms with Gasteiger partial charge in [-0.15, -0.1) is 11.3 Å². The third-order valence-electron chi connectivity index (χ3n) is 2.33. The minimum Gasteiger partial charge on any atom is -0.477 e. The molecule has 0 bridgehead atoms. The second-order valence-corrected chi connectivity index (χ2v) is 5.91. The first-order chi connectivity index (χ1) is 8.72. The highest BCUT2D eigenvalue weighted by Gasteiger charge is 2.12. The Labute approximate surface area is 111 Å². The highest BCUT2D eigenvalue weighted by Crippen LogP contribution is 2.34. The number of carboxylic acid groups (broad SMARTS) is 1. The summed E-state index contributed by atoms with van der Waals surface area (Å²) in [4.78, 5) is 15.5. The molecule has 4 nitrogen and oxygen atoms in total. The molecule has 1 aromatic carbocycles. The molecule has 0 aliphatic heterocycles. The van der Waals surface area contributed by atoms with Gasteiger partial charge in [0.15, 0.2) is 5.13 Å². The minimum absolute atomic E-state index is 0.329. The van der Waals surface area contributed by atoms with Gasteiger partial charge in [0, 0.05) is 5.69 Å². The number of hydrogen-bond acceptors (Lipinski definition) is 5. The molecule has 0 radical (unpaired) electrons. The zero-order chi connectivity index (χ0) is 12.5. The van der Waals surface area contributed by atoms with E-state index in [1.807, 2.05) is 30.3 Å². The molecule has 0 saturated carbocycles. The summed E-state index contributed by atoms with van der Waals surface area (Å²) in [7, 11) is 0. The lowest BCUT2D eigenvalue weighted by molar-refractivity contribution is 0.0702. The fraction of sp³-hybridized carbons (Fsp3) is 0. The molecule has 0 aliphatic rings. The van der Waals surface area contributed by atoms with Crippen molar-refractivity contribution in [1.29, 1.82) is 0 Å². The van der Waals surface area contributed by atoms with E-state index in [0.29, 0.717) is 4.88 Å². The smallest absolute Gasteiger partial charge is 0.345 e. The summed E-state index contributed by atoms with van der Waals surface area (Å²) >= 11 is 2.72. The quantitative estimate of drug-likeness (QED) is 0.763. The topological polar surface area (TPSA) is 62.2 Å². The standard InChI is InChI=1S/C12H8N2O2S2/c15-10(16)9-6-8-11(17-9)18-12(14-8)13-7-4-2-1-3-5-7/h1-6H,(H,13,14)(H,15,16). The summed E-state index contributed by atoms with van der Waals surface area (Å²) in [6.07, 6.45) is 0. The van der Waals surface area contributed by atoms with E-state index in [4.69, 9.17) is 5.11 Å². The Balaban J connectivity index is 1.90. The van der Waals surface area contributed by atoms with Gasteiger partial charge < -0.3 is 10.4 Å². The SMILES string of the molecule is O=C(O)c1cc2nc(Nc3ccccc3)sc2s1. The number of carboxylic acids is 1. The van der Waals surface area contributed by atoms with Gasteiger partial charge in [0.05, 0.1) is 5.52 Å². The Morgan fingerprint density at radius 1 is 1.22 bits per heavy atom. The lowest BCUT2D eigenvalue weighted by Crippen LogP contribution is -1.90. The number of aromatic carboxylic acids is 1. The monoisotopic (exact) mass is 276 g/mol. The summed E-state index contributed by atoms with van der Waals surface area (Å²) in [6.45, 7) is 0. The van der Waals surface area contributed by atoms with Gasteiger partial charge >= 0.3 is 5.97 Å². The van der Waals surface area contributed by atoms with Crippen LogP contribution in [0.3, 0.4) is 0 Å². The van der Waals surface area contributed by atoms with Crippen LogP contribution in [0.2, 0.25) is 0 Å². The van der Waals surface area contributed by atoms with Crippen LogP contribution in [-0.2, 0) is 0 Å². The van der Waals surface area contributed by atoms with Crippen molar-refractivity contribution in [3.05, 3.63) is 41.3 Å². The maximum absolute atomic E-state index is 10.8. The summed E-state index contributed by atoms with van der Waals surface area (Å²) in [5, 5.41) is 12.9. The normalized spacial score (nSPS) is 10.7. The molecule has 2 heterocycles. The van der Waals surface area contributed by atoms with E-state index < -0.39 is 5.97 Å². The maximum Gasteiger partial charge on any atom is 0.345 e. The van der Waals surface area contributed by atoms with E-state index in [-0.39, 0.29) is 0 Å². The van der Waals surface area contributed by atoms with Gasteiger partial charge in [-0.2, -0.15) is 0 Å². The zero-order valence-corrected chi connectivity index (χ0v) is 10.7. The molecule has 0 amide bonds. The van der Waals surface area contributed by atoms with Crippen LogP contribution in [0.15, 0.2) is 36.4 Å². The van der Waals surface area contributed by atoms with E-state index in [0.717, 1.165) is 20.3 Å². The number of anilines is 2. The zero-order valence-electron chi connectivity index (χ0n) is 9.08. The molecule has 3 rings (SSSR count). The molecule has 3 aromatic rings. The van der Waals surface area contributed by atoms with Crippen molar-refractivity contribution in [2.45, 2.75) is 0 Å². The maximum atomic E-state index is 10.8. The predicted molar refractivity (Wildman–Crippen MR) is 74.2 cm³/mol. The van der Waals surface area contributed by atoms with Crippen molar-refractivity contribution in [3.8, 4) is 0 Å². The van der Waals surface area contributed by atoms with Crippen LogP contribution in [0.25, 0.3) is 9.53 Å². The van der Waals surface area contributed by atoms with E-state index in [2.05, 4.69) is 10.3 Å². The first-order valence-electron chi connectivity index (χ1n) is 5.18. The van der Waals surface area contributed by atoms with Gasteiger partial charge in [-0.1, -0.05) is 29.5 Å². The molecule has 0 spiro atoms. The van der Waals surface area contributed by atoms with Gasteiger partial charge in [0.2, 0.25) is 0 Å². The first-order valence-corrected chi connectivity index (χ1v) is 6.81. The molecule has 0 atom stereocenters. The molecule has 0 aliphatic carbocycles. The van der Waals surface area contributed by atoms with E-state index in [1.165, 1.54) is 22.7 Å². The second-order valence-electron chi connectivity index (χ2n) is 3.60. The Morgan fingerprint density at radius 2 is 2.00 bits per heavy atom. The van der Waals surface area contributed by atoms with E-state index >= 15 is 0 Å². The number of carbonyl (C=O) groups is 1. The van der Waals surface area contributed by atoms with Gasteiger partial charge in [0.1, 0.15) is 8.89 Å². The van der Waals surface area contributed by atoms with E-state index in [9.17, 15) is 4.79 Å².